The van der Waals surface area contributed by atoms with Gasteiger partial charge in [0, 0.05) is 24.9 Å². The number of nitrogens with zero attached hydrogens (tertiary/aromatic N) is 3. The SMILES string of the molecule is CCN(C(=O)c1cccc(Oc2ncccc2Cl)n1)c1ccc(F)cc1F. The van der Waals surface area contributed by atoms with Crippen LogP contribution in [-0.4, -0.2) is 22.4 Å². The number of anilines is 1. The van der Waals surface area contributed by atoms with Crippen LogP contribution in [0, 0.1) is 11.6 Å². The van der Waals surface area contributed by atoms with Gasteiger partial charge in [-0.2, -0.15) is 0 Å². The largest absolute Gasteiger partial charge is 0.419 e. The fourth-order valence-electron chi connectivity index (χ4n) is 2.40. The van der Waals surface area contributed by atoms with Crippen molar-refractivity contribution >= 4 is 23.2 Å². The van der Waals surface area contributed by atoms with Crippen molar-refractivity contribution in [3.8, 4) is 11.8 Å². The lowest BCUT2D eigenvalue weighted by atomic mass is 10.2. The number of carbonyl (C=O) groups is 1. The van der Waals surface area contributed by atoms with E-state index in [2.05, 4.69) is 9.97 Å². The Kier molecular flexibility index (Phi) is 5.61. The smallest absolute Gasteiger partial charge is 0.277 e. The molecule has 0 radical (unpaired) electrons. The second-order valence-electron chi connectivity index (χ2n) is 5.40. The van der Waals surface area contributed by atoms with Crippen LogP contribution in [0.25, 0.3) is 0 Å². The van der Waals surface area contributed by atoms with E-state index in [9.17, 15) is 13.6 Å². The molecule has 0 N–H and O–H groups in total. The molecule has 0 fully saturated rings. The summed E-state index contributed by atoms with van der Waals surface area (Å²) in [5, 5.41) is 0.291. The molecule has 3 aromatic rings. The van der Waals surface area contributed by atoms with Gasteiger partial charge >= 0.3 is 0 Å². The van der Waals surface area contributed by atoms with Crippen LogP contribution in [0.3, 0.4) is 0 Å². The van der Waals surface area contributed by atoms with Crippen molar-refractivity contribution in [2.75, 3.05) is 11.4 Å². The molecule has 0 saturated carbocycles. The summed E-state index contributed by atoms with van der Waals surface area (Å²) in [5.41, 5.74) is -0.00470. The van der Waals surface area contributed by atoms with Crippen LogP contribution in [0.1, 0.15) is 17.4 Å². The van der Waals surface area contributed by atoms with Gasteiger partial charge in [-0.05, 0) is 37.3 Å². The van der Waals surface area contributed by atoms with Crippen molar-refractivity contribution in [3.05, 3.63) is 77.1 Å². The summed E-state index contributed by atoms with van der Waals surface area (Å²) in [5.74, 6) is -1.86. The van der Waals surface area contributed by atoms with Gasteiger partial charge in [-0.3, -0.25) is 4.79 Å². The Labute approximate surface area is 159 Å². The van der Waals surface area contributed by atoms with Crippen LogP contribution in [-0.2, 0) is 0 Å². The van der Waals surface area contributed by atoms with Crippen molar-refractivity contribution in [2.24, 2.45) is 0 Å². The minimum Gasteiger partial charge on any atom is -0.419 e. The highest BCUT2D eigenvalue weighted by molar-refractivity contribution is 6.31. The predicted molar refractivity (Wildman–Crippen MR) is 97.3 cm³/mol. The topological polar surface area (TPSA) is 55.3 Å². The average Bonchev–Trinajstić information content (AvgIpc) is 2.66. The summed E-state index contributed by atoms with van der Waals surface area (Å²) in [6.45, 7) is 1.84. The lowest BCUT2D eigenvalue weighted by Gasteiger charge is -2.21. The molecule has 0 spiro atoms. The third-order valence-electron chi connectivity index (χ3n) is 3.63. The van der Waals surface area contributed by atoms with Gasteiger partial charge in [0.05, 0.1) is 5.69 Å². The van der Waals surface area contributed by atoms with E-state index in [4.69, 9.17) is 16.3 Å². The van der Waals surface area contributed by atoms with Crippen LogP contribution in [0.5, 0.6) is 11.8 Å². The molecule has 0 unspecified atom stereocenters. The highest BCUT2D eigenvalue weighted by Crippen LogP contribution is 2.26. The number of benzene rings is 1. The predicted octanol–water partition coefficient (Wildman–Crippen LogP) is 4.87. The average molecular weight is 390 g/mol. The molecule has 0 aliphatic rings. The molecular weight excluding hydrogens is 376 g/mol. The van der Waals surface area contributed by atoms with Gasteiger partial charge in [0.15, 0.2) is 0 Å². The standard InChI is InChI=1S/C19H14ClF2N3O2/c1-2-25(16-9-8-12(21)11-14(16)22)19(26)15-6-3-7-17(24-15)27-18-13(20)5-4-10-23-18/h3-11H,2H2,1H3. The van der Waals surface area contributed by atoms with E-state index >= 15 is 0 Å². The number of halogens is 3. The van der Waals surface area contributed by atoms with Gasteiger partial charge in [-0.25, -0.2) is 18.7 Å². The van der Waals surface area contributed by atoms with Crippen molar-refractivity contribution in [1.82, 2.24) is 9.97 Å². The Morgan fingerprint density at radius 2 is 2.00 bits per heavy atom. The van der Waals surface area contributed by atoms with E-state index in [1.165, 1.54) is 24.4 Å². The molecule has 3 rings (SSSR count). The third kappa shape index (κ3) is 4.20. The molecule has 27 heavy (non-hydrogen) atoms. The normalized spacial score (nSPS) is 10.5. The van der Waals surface area contributed by atoms with E-state index in [0.717, 1.165) is 17.0 Å². The first kappa shape index (κ1) is 18.7. The Morgan fingerprint density at radius 1 is 1.19 bits per heavy atom. The van der Waals surface area contributed by atoms with E-state index < -0.39 is 17.5 Å². The molecule has 2 heterocycles. The number of hydrogen-bond donors (Lipinski definition) is 0. The zero-order chi connectivity index (χ0) is 19.4. The van der Waals surface area contributed by atoms with Gasteiger partial charge in [-0.1, -0.05) is 17.7 Å². The van der Waals surface area contributed by atoms with Crippen molar-refractivity contribution in [2.45, 2.75) is 6.92 Å². The first-order valence-electron chi connectivity index (χ1n) is 8.02. The molecule has 2 aromatic heterocycles. The molecule has 138 valence electrons. The molecule has 0 bridgehead atoms. The van der Waals surface area contributed by atoms with Crippen LogP contribution in [0.4, 0.5) is 14.5 Å². The zero-order valence-corrected chi connectivity index (χ0v) is 15.0. The monoisotopic (exact) mass is 389 g/mol. The van der Waals surface area contributed by atoms with Gasteiger partial charge < -0.3 is 9.64 Å². The number of pyridine rings is 2. The third-order valence-corrected chi connectivity index (χ3v) is 3.92. The Balaban J connectivity index is 1.89. The number of aromatic nitrogens is 2. The molecule has 0 atom stereocenters. The number of ether oxygens (including phenoxy) is 1. The second-order valence-corrected chi connectivity index (χ2v) is 5.81. The van der Waals surface area contributed by atoms with Gasteiger partial charge in [0.2, 0.25) is 11.8 Å². The summed E-state index contributed by atoms with van der Waals surface area (Å²) in [7, 11) is 0. The van der Waals surface area contributed by atoms with Gasteiger partial charge in [0.1, 0.15) is 22.4 Å². The lowest BCUT2D eigenvalue weighted by molar-refractivity contribution is 0.0982. The quantitative estimate of drug-likeness (QED) is 0.625. The van der Waals surface area contributed by atoms with Crippen molar-refractivity contribution < 1.29 is 18.3 Å². The highest BCUT2D eigenvalue weighted by atomic mass is 35.5. The summed E-state index contributed by atoms with van der Waals surface area (Å²) in [6.07, 6.45) is 1.51. The maximum Gasteiger partial charge on any atom is 0.277 e. The Morgan fingerprint density at radius 3 is 2.70 bits per heavy atom. The maximum absolute atomic E-state index is 14.1. The second kappa shape index (κ2) is 8.09. The number of amides is 1. The van der Waals surface area contributed by atoms with Gasteiger partial charge in [-0.15, -0.1) is 0 Å². The number of carbonyl (C=O) groups excluding carboxylic acids is 1. The summed E-state index contributed by atoms with van der Waals surface area (Å²) >= 11 is 6.00. The van der Waals surface area contributed by atoms with Crippen LogP contribution >= 0.6 is 11.6 Å². The van der Waals surface area contributed by atoms with E-state index in [1.54, 1.807) is 25.1 Å². The van der Waals surface area contributed by atoms with Crippen LogP contribution in [0.15, 0.2) is 54.7 Å². The number of hydrogen-bond acceptors (Lipinski definition) is 4. The van der Waals surface area contributed by atoms with E-state index in [1.807, 2.05) is 0 Å². The molecule has 0 saturated heterocycles. The van der Waals surface area contributed by atoms with E-state index in [0.29, 0.717) is 5.02 Å². The number of rotatable bonds is 5. The molecule has 1 aromatic carbocycles. The fourth-order valence-corrected chi connectivity index (χ4v) is 2.56. The Bertz CT molecular complexity index is 985. The molecule has 5 nitrogen and oxygen atoms in total. The minimum atomic E-state index is -0.835. The molecule has 8 heteroatoms. The van der Waals surface area contributed by atoms with Gasteiger partial charge in [0.25, 0.3) is 5.91 Å². The first-order chi connectivity index (χ1) is 13.0. The van der Waals surface area contributed by atoms with Crippen LogP contribution in [0.2, 0.25) is 5.02 Å². The minimum absolute atomic E-state index is 0.0325. The summed E-state index contributed by atoms with van der Waals surface area (Å²) in [6, 6.07) is 10.9. The highest BCUT2D eigenvalue weighted by Gasteiger charge is 2.21. The van der Waals surface area contributed by atoms with Crippen molar-refractivity contribution in [1.29, 1.82) is 0 Å². The molecule has 1 amide bonds. The van der Waals surface area contributed by atoms with Crippen molar-refractivity contribution in [3.63, 3.8) is 0 Å². The maximum atomic E-state index is 14.1. The fraction of sp³-hybridized carbons (Fsp3) is 0.105. The lowest BCUT2D eigenvalue weighted by Crippen LogP contribution is -2.32. The summed E-state index contributed by atoms with van der Waals surface area (Å²) in [4.78, 5) is 22.1. The molecule has 0 aliphatic heterocycles. The van der Waals surface area contributed by atoms with E-state index in [-0.39, 0.29) is 29.7 Å². The zero-order valence-electron chi connectivity index (χ0n) is 14.2. The Hall–Kier alpha value is -3.06. The first-order valence-corrected chi connectivity index (χ1v) is 8.39. The van der Waals surface area contributed by atoms with Crippen LogP contribution < -0.4 is 9.64 Å². The summed E-state index contributed by atoms with van der Waals surface area (Å²) < 4.78 is 32.7. The molecule has 0 aliphatic carbocycles. The molecular formula is C19H14ClF2N3O2.